The third-order valence-corrected chi connectivity index (χ3v) is 4.71. The molecule has 0 unspecified atom stereocenters. The summed E-state index contributed by atoms with van der Waals surface area (Å²) in [7, 11) is 0. The molecule has 0 atom stereocenters. The van der Waals surface area contributed by atoms with Gasteiger partial charge in [-0.15, -0.1) is 11.3 Å². The second kappa shape index (κ2) is 6.76. The van der Waals surface area contributed by atoms with Gasteiger partial charge in [-0.1, -0.05) is 6.07 Å². The smallest absolute Gasteiger partial charge is 0.356 e. The number of rotatable bonds is 3. The Kier molecular flexibility index (Phi) is 4.70. The molecule has 9 heteroatoms. The van der Waals surface area contributed by atoms with Crippen LogP contribution in [0.2, 0.25) is 0 Å². The molecule has 2 aromatic heterocycles. The number of hydrogen-bond acceptors (Lipinski definition) is 5. The number of pyridine rings is 1. The van der Waals surface area contributed by atoms with Crippen LogP contribution in [0.3, 0.4) is 0 Å². The number of carbonyl (C=O) groups excluding carboxylic acids is 1. The maximum absolute atomic E-state index is 12.8. The van der Waals surface area contributed by atoms with Crippen molar-refractivity contribution in [3.05, 3.63) is 40.5 Å². The van der Waals surface area contributed by atoms with E-state index < -0.39 is 22.7 Å². The van der Waals surface area contributed by atoms with Crippen LogP contribution in [0.15, 0.2) is 29.9 Å². The summed E-state index contributed by atoms with van der Waals surface area (Å²) in [5.41, 5.74) is 0.501. The fraction of sp³-hybridized carbons (Fsp3) is 0.400. The van der Waals surface area contributed by atoms with Crippen molar-refractivity contribution in [1.82, 2.24) is 15.3 Å². The van der Waals surface area contributed by atoms with Gasteiger partial charge in [-0.05, 0) is 25.0 Å². The molecule has 128 valence electrons. The maximum Gasteiger partial charge on any atom is 0.427 e. The third kappa shape index (κ3) is 3.66. The van der Waals surface area contributed by atoms with Crippen molar-refractivity contribution in [2.24, 2.45) is 0 Å². The summed E-state index contributed by atoms with van der Waals surface area (Å²) in [5, 5.41) is 2.66. The van der Waals surface area contributed by atoms with E-state index in [0.29, 0.717) is 37.3 Å². The van der Waals surface area contributed by atoms with Crippen LogP contribution in [0.5, 0.6) is 0 Å². The molecule has 0 aliphatic carbocycles. The summed E-state index contributed by atoms with van der Waals surface area (Å²) in [6.07, 6.45) is -1.55. The minimum absolute atomic E-state index is 0.166. The van der Waals surface area contributed by atoms with Crippen LogP contribution in [-0.2, 0) is 6.18 Å². The van der Waals surface area contributed by atoms with Crippen LogP contribution >= 0.6 is 11.3 Å². The molecular weight excluding hydrogens is 341 g/mol. The number of alkyl halides is 3. The van der Waals surface area contributed by atoms with Crippen molar-refractivity contribution in [3.63, 3.8) is 0 Å². The molecule has 1 N–H and O–H groups in total. The first-order valence-corrected chi connectivity index (χ1v) is 8.30. The van der Waals surface area contributed by atoms with Gasteiger partial charge in [0.2, 0.25) is 0 Å². The van der Waals surface area contributed by atoms with Gasteiger partial charge in [0, 0.05) is 25.3 Å². The minimum Gasteiger partial charge on any atom is -0.356 e. The van der Waals surface area contributed by atoms with Crippen molar-refractivity contribution in [2.45, 2.75) is 25.1 Å². The first kappa shape index (κ1) is 16.7. The molecule has 5 nitrogen and oxygen atoms in total. The van der Waals surface area contributed by atoms with Gasteiger partial charge in [0.15, 0.2) is 5.69 Å². The highest BCUT2D eigenvalue weighted by molar-refractivity contribution is 7.10. The molecule has 0 saturated carbocycles. The second-order valence-electron chi connectivity index (χ2n) is 5.45. The second-order valence-corrected chi connectivity index (χ2v) is 6.31. The number of amides is 1. The molecule has 0 bridgehead atoms. The van der Waals surface area contributed by atoms with Gasteiger partial charge in [-0.2, -0.15) is 13.2 Å². The lowest BCUT2D eigenvalue weighted by molar-refractivity contribution is -0.134. The molecule has 1 amide bonds. The Balaban J connectivity index is 1.59. The molecular formula is C15H15F3N4OS. The number of aromatic nitrogens is 2. The van der Waals surface area contributed by atoms with E-state index in [1.54, 1.807) is 6.20 Å². The lowest BCUT2D eigenvalue weighted by Crippen LogP contribution is -2.45. The Hall–Kier alpha value is -2.16. The molecule has 0 aromatic carbocycles. The Morgan fingerprint density at radius 2 is 2.00 bits per heavy atom. The predicted molar refractivity (Wildman–Crippen MR) is 84.1 cm³/mol. The highest BCUT2D eigenvalue weighted by Gasteiger charge is 2.38. The third-order valence-electron chi connectivity index (χ3n) is 3.84. The standard InChI is InChI=1S/C15H15F3N4OS/c16-15(17,18)13-12(20-9-24-13)14(23)21-10-4-7-22(8-5-10)11-3-1-2-6-19-11/h1-3,6,9-10H,4-5,7-8H2,(H,21,23). The van der Waals surface area contributed by atoms with Gasteiger partial charge >= 0.3 is 6.18 Å². The predicted octanol–water partition coefficient (Wildman–Crippen LogP) is 2.96. The van der Waals surface area contributed by atoms with Gasteiger partial charge in [0.05, 0.1) is 5.51 Å². The summed E-state index contributed by atoms with van der Waals surface area (Å²) >= 11 is 0.431. The first-order chi connectivity index (χ1) is 11.4. The summed E-state index contributed by atoms with van der Waals surface area (Å²) in [5.74, 6) is 0.0981. The normalized spacial score (nSPS) is 16.2. The van der Waals surface area contributed by atoms with Crippen molar-refractivity contribution < 1.29 is 18.0 Å². The largest absolute Gasteiger partial charge is 0.427 e. The zero-order chi connectivity index (χ0) is 17.2. The van der Waals surface area contributed by atoms with Crippen molar-refractivity contribution in [1.29, 1.82) is 0 Å². The highest BCUT2D eigenvalue weighted by Crippen LogP contribution is 2.34. The number of halogens is 3. The zero-order valence-electron chi connectivity index (χ0n) is 12.6. The van der Waals surface area contributed by atoms with Gasteiger partial charge in [-0.25, -0.2) is 9.97 Å². The van der Waals surface area contributed by atoms with Gasteiger partial charge in [0.1, 0.15) is 10.7 Å². The number of anilines is 1. The average Bonchev–Trinajstić information content (AvgIpc) is 3.06. The van der Waals surface area contributed by atoms with Gasteiger partial charge in [0.25, 0.3) is 5.91 Å². The molecule has 1 aliphatic heterocycles. The minimum atomic E-state index is -4.56. The number of piperidine rings is 1. The van der Waals surface area contributed by atoms with E-state index in [4.69, 9.17) is 0 Å². The van der Waals surface area contributed by atoms with E-state index in [-0.39, 0.29) is 6.04 Å². The van der Waals surface area contributed by atoms with Crippen LogP contribution < -0.4 is 10.2 Å². The number of hydrogen-bond donors (Lipinski definition) is 1. The molecule has 24 heavy (non-hydrogen) atoms. The van der Waals surface area contributed by atoms with Crippen LogP contribution in [0.1, 0.15) is 28.2 Å². The highest BCUT2D eigenvalue weighted by atomic mass is 32.1. The fourth-order valence-corrected chi connectivity index (χ4v) is 3.31. The number of carbonyl (C=O) groups is 1. The number of nitrogens with zero attached hydrogens (tertiary/aromatic N) is 3. The Morgan fingerprint density at radius 3 is 2.62 bits per heavy atom. The maximum atomic E-state index is 12.8. The van der Waals surface area contributed by atoms with E-state index >= 15 is 0 Å². The van der Waals surface area contributed by atoms with E-state index in [1.807, 2.05) is 18.2 Å². The molecule has 3 heterocycles. The van der Waals surface area contributed by atoms with Gasteiger partial charge in [-0.3, -0.25) is 4.79 Å². The van der Waals surface area contributed by atoms with Crippen molar-refractivity contribution in [3.8, 4) is 0 Å². The van der Waals surface area contributed by atoms with Crippen molar-refractivity contribution in [2.75, 3.05) is 18.0 Å². The van der Waals surface area contributed by atoms with Crippen LogP contribution in [-0.4, -0.2) is 35.0 Å². The topological polar surface area (TPSA) is 58.1 Å². The SMILES string of the molecule is O=C(NC1CCN(c2ccccn2)CC1)c1ncsc1C(F)(F)F. The molecule has 1 saturated heterocycles. The molecule has 3 rings (SSSR count). The summed E-state index contributed by atoms with van der Waals surface area (Å²) in [6, 6.07) is 5.48. The van der Waals surface area contributed by atoms with Crippen LogP contribution in [0.25, 0.3) is 0 Å². The molecule has 0 radical (unpaired) electrons. The first-order valence-electron chi connectivity index (χ1n) is 7.42. The quantitative estimate of drug-likeness (QED) is 0.919. The zero-order valence-corrected chi connectivity index (χ0v) is 13.4. The average molecular weight is 356 g/mol. The Morgan fingerprint density at radius 1 is 1.25 bits per heavy atom. The van der Waals surface area contributed by atoms with E-state index in [0.717, 1.165) is 11.3 Å². The molecule has 1 aliphatic rings. The summed E-state index contributed by atoms with van der Waals surface area (Å²) < 4.78 is 38.5. The van der Waals surface area contributed by atoms with E-state index in [9.17, 15) is 18.0 Å². The monoisotopic (exact) mass is 356 g/mol. The van der Waals surface area contributed by atoms with E-state index in [1.165, 1.54) is 0 Å². The summed E-state index contributed by atoms with van der Waals surface area (Å²) in [4.78, 5) is 21.1. The van der Waals surface area contributed by atoms with Crippen molar-refractivity contribution >= 4 is 23.1 Å². The summed E-state index contributed by atoms with van der Waals surface area (Å²) in [6.45, 7) is 1.37. The lowest BCUT2D eigenvalue weighted by Gasteiger charge is -2.33. The number of nitrogens with one attached hydrogen (secondary N) is 1. The Bertz CT molecular complexity index is 696. The van der Waals surface area contributed by atoms with Crippen LogP contribution in [0.4, 0.5) is 19.0 Å². The Labute approximate surface area is 140 Å². The fourth-order valence-electron chi connectivity index (χ4n) is 2.66. The van der Waals surface area contributed by atoms with Crippen LogP contribution in [0, 0.1) is 0 Å². The lowest BCUT2D eigenvalue weighted by atomic mass is 10.0. The molecule has 0 spiro atoms. The molecule has 2 aromatic rings. The molecule has 1 fully saturated rings. The van der Waals surface area contributed by atoms with Gasteiger partial charge < -0.3 is 10.2 Å². The number of thiazole rings is 1. The van der Waals surface area contributed by atoms with E-state index in [2.05, 4.69) is 20.2 Å².